The molecule has 2 aromatic rings. The van der Waals surface area contributed by atoms with Crippen molar-refractivity contribution >= 4 is 23.4 Å². The number of hydrogen-bond acceptors (Lipinski definition) is 5. The molecule has 0 unspecified atom stereocenters. The molecule has 0 spiro atoms. The van der Waals surface area contributed by atoms with E-state index in [0.717, 1.165) is 17.3 Å². The lowest BCUT2D eigenvalue weighted by atomic mass is 10.2. The predicted molar refractivity (Wildman–Crippen MR) is 91.0 cm³/mol. The molecule has 7 heteroatoms. The number of aryl methyl sites for hydroxylation is 1. The molecule has 0 saturated heterocycles. The molecule has 120 valence electrons. The number of carbonyl (C=O) groups is 1. The number of aromatic nitrogens is 2. The number of rotatable bonds is 6. The molecule has 23 heavy (non-hydrogen) atoms. The van der Waals surface area contributed by atoms with Gasteiger partial charge in [-0.15, -0.1) is 6.58 Å². The first-order valence-electron chi connectivity index (χ1n) is 6.92. The van der Waals surface area contributed by atoms with Crippen molar-refractivity contribution in [3.8, 4) is 5.88 Å². The zero-order chi connectivity index (χ0) is 16.8. The molecule has 0 aliphatic carbocycles. The Kier molecular flexibility index (Phi) is 5.59. The zero-order valence-corrected chi connectivity index (χ0v) is 13.4. The van der Waals surface area contributed by atoms with E-state index in [4.69, 9.17) is 0 Å². The summed E-state index contributed by atoms with van der Waals surface area (Å²) in [6.07, 6.45) is 1.74. The number of nitrogens with one attached hydrogen (secondary N) is 2. The number of carbonyl (C=O) groups excluding carboxylic acids is 1. The number of anilines is 1. The van der Waals surface area contributed by atoms with Gasteiger partial charge in [0.15, 0.2) is 5.16 Å². The fourth-order valence-electron chi connectivity index (χ4n) is 1.83. The van der Waals surface area contributed by atoms with Gasteiger partial charge in [0, 0.05) is 12.1 Å². The third-order valence-electron chi connectivity index (χ3n) is 3.00. The number of aromatic hydroxyl groups is 1. The van der Waals surface area contributed by atoms with E-state index >= 15 is 0 Å². The molecule has 0 radical (unpaired) electrons. The van der Waals surface area contributed by atoms with Crippen molar-refractivity contribution in [2.75, 3.05) is 11.1 Å². The van der Waals surface area contributed by atoms with Crippen LogP contribution < -0.4 is 10.9 Å². The topological polar surface area (TPSA) is 95.1 Å². The molecule has 1 aromatic heterocycles. The molecule has 0 saturated carbocycles. The van der Waals surface area contributed by atoms with Gasteiger partial charge in [0.25, 0.3) is 5.56 Å². The summed E-state index contributed by atoms with van der Waals surface area (Å²) < 4.78 is 0. The highest BCUT2D eigenvalue weighted by atomic mass is 32.2. The Labute approximate surface area is 137 Å². The van der Waals surface area contributed by atoms with Crippen LogP contribution in [0, 0.1) is 6.92 Å². The number of nitrogens with zero attached hydrogens (tertiary/aromatic N) is 1. The molecule has 1 aromatic carbocycles. The molecule has 3 N–H and O–H groups in total. The van der Waals surface area contributed by atoms with E-state index < -0.39 is 5.56 Å². The molecule has 1 amide bonds. The first kappa shape index (κ1) is 16.8. The normalized spacial score (nSPS) is 10.3. The van der Waals surface area contributed by atoms with Crippen molar-refractivity contribution in [1.29, 1.82) is 0 Å². The van der Waals surface area contributed by atoms with Crippen LogP contribution in [0.2, 0.25) is 0 Å². The first-order valence-corrected chi connectivity index (χ1v) is 7.90. The van der Waals surface area contributed by atoms with Crippen LogP contribution in [0.1, 0.15) is 11.1 Å². The Morgan fingerprint density at radius 1 is 1.43 bits per heavy atom. The highest BCUT2D eigenvalue weighted by molar-refractivity contribution is 7.99. The summed E-state index contributed by atoms with van der Waals surface area (Å²) >= 11 is 1.04. The van der Waals surface area contributed by atoms with Crippen molar-refractivity contribution in [2.24, 2.45) is 0 Å². The van der Waals surface area contributed by atoms with Gasteiger partial charge >= 0.3 is 0 Å². The Hall–Kier alpha value is -2.54. The van der Waals surface area contributed by atoms with Gasteiger partial charge in [0.2, 0.25) is 11.8 Å². The van der Waals surface area contributed by atoms with E-state index in [1.807, 2.05) is 31.2 Å². The van der Waals surface area contributed by atoms with E-state index in [1.54, 1.807) is 0 Å². The molecule has 0 aliphatic rings. The minimum Gasteiger partial charge on any atom is -0.493 e. The number of aromatic amines is 1. The Morgan fingerprint density at radius 3 is 2.74 bits per heavy atom. The van der Waals surface area contributed by atoms with Crippen molar-refractivity contribution < 1.29 is 9.90 Å². The number of amides is 1. The minimum atomic E-state index is -0.432. The van der Waals surface area contributed by atoms with Crippen LogP contribution in [0.5, 0.6) is 5.88 Å². The summed E-state index contributed by atoms with van der Waals surface area (Å²) in [6, 6.07) is 7.43. The molecule has 0 atom stereocenters. The van der Waals surface area contributed by atoms with Crippen molar-refractivity contribution in [2.45, 2.75) is 18.5 Å². The largest absolute Gasteiger partial charge is 0.493 e. The smallest absolute Gasteiger partial charge is 0.258 e. The maximum absolute atomic E-state index is 11.9. The quantitative estimate of drug-likeness (QED) is 0.429. The second-order valence-electron chi connectivity index (χ2n) is 4.87. The molecule has 0 fully saturated rings. The van der Waals surface area contributed by atoms with Gasteiger partial charge in [-0.2, -0.15) is 4.98 Å². The maximum Gasteiger partial charge on any atom is 0.258 e. The van der Waals surface area contributed by atoms with Crippen LogP contribution in [0.25, 0.3) is 0 Å². The number of hydrogen-bond donors (Lipinski definition) is 3. The number of allylic oxidation sites excluding steroid dienone is 1. The minimum absolute atomic E-state index is 0.0665. The highest BCUT2D eigenvalue weighted by Crippen LogP contribution is 2.17. The molecule has 1 heterocycles. The SMILES string of the molecule is C=CCc1c(O)nc(SCC(=O)Nc2ccc(C)cc2)[nH]c1=O. The van der Waals surface area contributed by atoms with Crippen molar-refractivity contribution in [3.63, 3.8) is 0 Å². The van der Waals surface area contributed by atoms with E-state index in [9.17, 15) is 14.7 Å². The molecule has 2 rings (SSSR count). The zero-order valence-electron chi connectivity index (χ0n) is 12.6. The molecular weight excluding hydrogens is 314 g/mol. The van der Waals surface area contributed by atoms with Gasteiger partial charge in [-0.25, -0.2) is 0 Å². The lowest BCUT2D eigenvalue weighted by molar-refractivity contribution is -0.113. The van der Waals surface area contributed by atoms with Gasteiger partial charge in [-0.3, -0.25) is 9.59 Å². The standard InChI is InChI=1S/C16H17N3O3S/c1-3-4-12-14(21)18-16(19-15(12)22)23-9-13(20)17-11-7-5-10(2)6-8-11/h3,5-8H,1,4,9H2,2H3,(H,17,20)(H2,18,19,21,22). The van der Waals surface area contributed by atoms with Crippen LogP contribution in [0.4, 0.5) is 5.69 Å². The van der Waals surface area contributed by atoms with Gasteiger partial charge in [-0.05, 0) is 19.1 Å². The third-order valence-corrected chi connectivity index (χ3v) is 3.87. The Bertz CT molecular complexity index is 769. The molecular formula is C16H17N3O3S. The lowest BCUT2D eigenvalue weighted by Gasteiger charge is -2.06. The lowest BCUT2D eigenvalue weighted by Crippen LogP contribution is -2.17. The fourth-order valence-corrected chi connectivity index (χ4v) is 2.49. The van der Waals surface area contributed by atoms with E-state index in [0.29, 0.717) is 5.69 Å². The fraction of sp³-hybridized carbons (Fsp3) is 0.188. The van der Waals surface area contributed by atoms with Gasteiger partial charge < -0.3 is 15.4 Å². The molecule has 0 aliphatic heterocycles. The average Bonchev–Trinajstić information content (AvgIpc) is 2.51. The molecule has 0 bridgehead atoms. The summed E-state index contributed by atoms with van der Waals surface area (Å²) in [6.45, 7) is 5.48. The van der Waals surface area contributed by atoms with Crippen molar-refractivity contribution in [1.82, 2.24) is 9.97 Å². The van der Waals surface area contributed by atoms with E-state index in [1.165, 1.54) is 6.08 Å². The van der Waals surface area contributed by atoms with Gasteiger partial charge in [-0.1, -0.05) is 35.5 Å². The van der Waals surface area contributed by atoms with Gasteiger partial charge in [0.05, 0.1) is 11.3 Å². The Balaban J connectivity index is 1.97. The summed E-state index contributed by atoms with van der Waals surface area (Å²) in [7, 11) is 0. The number of benzene rings is 1. The van der Waals surface area contributed by atoms with Crippen LogP contribution in [0.15, 0.2) is 46.9 Å². The second-order valence-corrected chi connectivity index (χ2v) is 5.83. The second kappa shape index (κ2) is 7.64. The summed E-state index contributed by atoms with van der Waals surface area (Å²) in [5, 5.41) is 12.7. The maximum atomic E-state index is 11.9. The van der Waals surface area contributed by atoms with Crippen LogP contribution in [-0.4, -0.2) is 26.7 Å². The highest BCUT2D eigenvalue weighted by Gasteiger charge is 2.11. The summed E-state index contributed by atoms with van der Waals surface area (Å²) in [5.74, 6) is -0.497. The van der Waals surface area contributed by atoms with Crippen LogP contribution in [0.3, 0.4) is 0 Å². The molecule has 6 nitrogen and oxygen atoms in total. The Morgan fingerprint density at radius 2 is 2.13 bits per heavy atom. The van der Waals surface area contributed by atoms with Crippen LogP contribution in [-0.2, 0) is 11.2 Å². The monoisotopic (exact) mass is 331 g/mol. The number of H-pyrrole nitrogens is 1. The summed E-state index contributed by atoms with van der Waals surface area (Å²) in [4.78, 5) is 30.1. The number of thioether (sulfide) groups is 1. The van der Waals surface area contributed by atoms with E-state index in [2.05, 4.69) is 21.9 Å². The average molecular weight is 331 g/mol. The van der Waals surface area contributed by atoms with Gasteiger partial charge in [0.1, 0.15) is 0 Å². The predicted octanol–water partition coefficient (Wildman–Crippen LogP) is 2.24. The van der Waals surface area contributed by atoms with Crippen molar-refractivity contribution in [3.05, 3.63) is 58.4 Å². The van der Waals surface area contributed by atoms with E-state index in [-0.39, 0.29) is 34.7 Å². The first-order chi connectivity index (χ1) is 11.0. The third kappa shape index (κ3) is 4.72. The summed E-state index contributed by atoms with van der Waals surface area (Å²) in [5.41, 5.74) is 1.54. The van der Waals surface area contributed by atoms with Crippen LogP contribution >= 0.6 is 11.8 Å².